The van der Waals surface area contributed by atoms with Gasteiger partial charge in [0.15, 0.2) is 0 Å². The van der Waals surface area contributed by atoms with E-state index in [2.05, 4.69) is 15.4 Å². The zero-order valence-corrected chi connectivity index (χ0v) is 10.4. The first-order chi connectivity index (χ1) is 9.13. The Labute approximate surface area is 109 Å². The normalized spacial score (nSPS) is 17.3. The Morgan fingerprint density at radius 1 is 1.53 bits per heavy atom. The number of carbonyl (C=O) groups is 1. The van der Waals surface area contributed by atoms with Gasteiger partial charge in [-0.2, -0.15) is 0 Å². The molecule has 0 aliphatic heterocycles. The van der Waals surface area contributed by atoms with Gasteiger partial charge in [0, 0.05) is 7.05 Å². The number of fused-ring (bicyclic) bond motifs is 1. The topological polar surface area (TPSA) is 59.8 Å². The lowest BCUT2D eigenvalue weighted by Gasteiger charge is -2.10. The molecule has 0 saturated carbocycles. The highest BCUT2D eigenvalue weighted by Crippen LogP contribution is 2.34. The molecule has 0 fully saturated rings. The van der Waals surface area contributed by atoms with Gasteiger partial charge < -0.3 is 0 Å². The highest BCUT2D eigenvalue weighted by molar-refractivity contribution is 5.95. The summed E-state index contributed by atoms with van der Waals surface area (Å²) in [5.41, 5.74) is 1.81. The number of halogens is 1. The lowest BCUT2D eigenvalue weighted by molar-refractivity contribution is -0.117. The van der Waals surface area contributed by atoms with E-state index in [1.165, 1.54) is 23.1 Å². The molecule has 1 aliphatic carbocycles. The fourth-order valence-electron chi connectivity index (χ4n) is 2.45. The van der Waals surface area contributed by atoms with Crippen molar-refractivity contribution in [1.82, 2.24) is 14.8 Å². The van der Waals surface area contributed by atoms with E-state index in [0.29, 0.717) is 12.4 Å². The van der Waals surface area contributed by atoms with Gasteiger partial charge in [-0.25, -0.2) is 9.37 Å². The van der Waals surface area contributed by atoms with Crippen LogP contribution in [-0.2, 0) is 18.3 Å². The summed E-state index contributed by atoms with van der Waals surface area (Å²) in [6.07, 6.45) is 2.94. The summed E-state index contributed by atoms with van der Waals surface area (Å²) < 4.78 is 14.6. The largest absolute Gasteiger partial charge is 0.293 e. The number of anilines is 1. The molecule has 6 heteroatoms. The zero-order valence-electron chi connectivity index (χ0n) is 10.4. The molecule has 2 aromatic rings. The smallest absolute Gasteiger partial charge is 0.248 e. The predicted molar refractivity (Wildman–Crippen MR) is 67.1 cm³/mol. The van der Waals surface area contributed by atoms with Gasteiger partial charge in [-0.3, -0.25) is 14.8 Å². The maximum absolute atomic E-state index is 13.1. The van der Waals surface area contributed by atoms with Crippen molar-refractivity contribution in [3.8, 4) is 0 Å². The van der Waals surface area contributed by atoms with Crippen LogP contribution in [0.4, 0.5) is 10.3 Å². The molecule has 1 heterocycles. The summed E-state index contributed by atoms with van der Waals surface area (Å²) in [5, 5.41) is 6.69. The van der Waals surface area contributed by atoms with Crippen molar-refractivity contribution in [2.24, 2.45) is 7.05 Å². The first-order valence-electron chi connectivity index (χ1n) is 6.08. The zero-order chi connectivity index (χ0) is 13.4. The van der Waals surface area contributed by atoms with Crippen molar-refractivity contribution in [2.45, 2.75) is 18.8 Å². The second-order valence-electron chi connectivity index (χ2n) is 4.67. The van der Waals surface area contributed by atoms with E-state index in [0.717, 1.165) is 17.5 Å². The van der Waals surface area contributed by atoms with E-state index in [-0.39, 0.29) is 17.6 Å². The molecule has 0 saturated heterocycles. The van der Waals surface area contributed by atoms with Crippen LogP contribution in [0, 0.1) is 5.82 Å². The molecular formula is C13H13FN4O. The number of nitrogens with zero attached hydrogens (tertiary/aromatic N) is 3. The van der Waals surface area contributed by atoms with Crippen molar-refractivity contribution >= 4 is 11.9 Å². The van der Waals surface area contributed by atoms with Crippen molar-refractivity contribution in [1.29, 1.82) is 0 Å². The lowest BCUT2D eigenvalue weighted by atomic mass is 10.0. The van der Waals surface area contributed by atoms with Crippen LogP contribution in [0.2, 0.25) is 0 Å². The Hall–Kier alpha value is -2.24. The van der Waals surface area contributed by atoms with Gasteiger partial charge >= 0.3 is 0 Å². The minimum Gasteiger partial charge on any atom is -0.293 e. The second kappa shape index (κ2) is 4.46. The quantitative estimate of drug-likeness (QED) is 0.892. The molecule has 1 unspecified atom stereocenters. The van der Waals surface area contributed by atoms with Gasteiger partial charge in [0.05, 0.1) is 5.92 Å². The molecule has 98 valence electrons. The van der Waals surface area contributed by atoms with E-state index < -0.39 is 0 Å². The number of aromatic nitrogens is 3. The third kappa shape index (κ3) is 2.21. The molecule has 1 aliphatic rings. The molecule has 3 rings (SSSR count). The van der Waals surface area contributed by atoms with Gasteiger partial charge in [-0.1, -0.05) is 6.07 Å². The Morgan fingerprint density at radius 2 is 2.37 bits per heavy atom. The number of hydrogen-bond acceptors (Lipinski definition) is 3. The molecule has 5 nitrogen and oxygen atoms in total. The minimum absolute atomic E-state index is 0.142. The number of amides is 1. The number of rotatable bonds is 2. The molecule has 0 radical (unpaired) electrons. The van der Waals surface area contributed by atoms with Gasteiger partial charge in [0.2, 0.25) is 11.9 Å². The molecule has 1 N–H and O–H groups in total. The van der Waals surface area contributed by atoms with Crippen LogP contribution in [0.5, 0.6) is 0 Å². The summed E-state index contributed by atoms with van der Waals surface area (Å²) in [5.74, 6) is -0.356. The molecule has 1 amide bonds. The average Bonchev–Trinajstić information content (AvgIpc) is 2.95. The van der Waals surface area contributed by atoms with E-state index >= 15 is 0 Å². The summed E-state index contributed by atoms with van der Waals surface area (Å²) in [7, 11) is 1.73. The van der Waals surface area contributed by atoms with E-state index in [1.807, 2.05) is 0 Å². The maximum Gasteiger partial charge on any atom is 0.248 e. The lowest BCUT2D eigenvalue weighted by Crippen LogP contribution is -2.20. The minimum atomic E-state index is -0.258. The van der Waals surface area contributed by atoms with Crippen LogP contribution in [0.3, 0.4) is 0 Å². The van der Waals surface area contributed by atoms with Gasteiger partial charge in [-0.15, -0.1) is 5.10 Å². The second-order valence-corrected chi connectivity index (χ2v) is 4.67. The highest BCUT2D eigenvalue weighted by Gasteiger charge is 2.29. The highest BCUT2D eigenvalue weighted by atomic mass is 19.1. The molecule has 19 heavy (non-hydrogen) atoms. The van der Waals surface area contributed by atoms with Crippen LogP contribution in [0.1, 0.15) is 23.5 Å². The summed E-state index contributed by atoms with van der Waals surface area (Å²) >= 11 is 0. The SMILES string of the molecule is Cn1cnc(NC(=O)C2CCc3cc(F)ccc32)n1. The molecular weight excluding hydrogens is 247 g/mol. The molecule has 0 spiro atoms. The van der Waals surface area contributed by atoms with Crippen LogP contribution in [0.25, 0.3) is 0 Å². The molecule has 1 atom stereocenters. The number of carbonyl (C=O) groups excluding carboxylic acids is 1. The van der Waals surface area contributed by atoms with E-state index in [9.17, 15) is 9.18 Å². The Bertz CT molecular complexity index is 637. The first kappa shape index (κ1) is 11.8. The maximum atomic E-state index is 13.1. The van der Waals surface area contributed by atoms with Gasteiger partial charge in [0.25, 0.3) is 0 Å². The predicted octanol–water partition coefficient (Wildman–Crippen LogP) is 1.62. The third-order valence-corrected chi connectivity index (χ3v) is 3.33. The summed E-state index contributed by atoms with van der Waals surface area (Å²) in [4.78, 5) is 16.1. The van der Waals surface area contributed by atoms with Crippen molar-refractivity contribution in [3.63, 3.8) is 0 Å². The number of nitrogens with one attached hydrogen (secondary N) is 1. The molecule has 1 aromatic carbocycles. The Kier molecular flexibility index (Phi) is 2.77. The van der Waals surface area contributed by atoms with Crippen LogP contribution < -0.4 is 5.32 Å². The number of aryl methyl sites for hydroxylation is 2. The van der Waals surface area contributed by atoms with Crippen molar-refractivity contribution < 1.29 is 9.18 Å². The van der Waals surface area contributed by atoms with Gasteiger partial charge in [-0.05, 0) is 36.1 Å². The van der Waals surface area contributed by atoms with E-state index in [1.54, 1.807) is 13.1 Å². The van der Waals surface area contributed by atoms with Gasteiger partial charge in [0.1, 0.15) is 12.1 Å². The molecule has 0 bridgehead atoms. The monoisotopic (exact) mass is 260 g/mol. The average molecular weight is 260 g/mol. The standard InChI is InChI=1S/C13H13FN4O/c1-18-7-15-13(17-18)16-12(19)11-4-2-8-6-9(14)3-5-10(8)11/h3,5-7,11H,2,4H2,1H3,(H,16,17,19). The van der Waals surface area contributed by atoms with Crippen LogP contribution >= 0.6 is 0 Å². The number of benzene rings is 1. The first-order valence-corrected chi connectivity index (χ1v) is 6.08. The van der Waals surface area contributed by atoms with Crippen molar-refractivity contribution in [2.75, 3.05) is 5.32 Å². The fourth-order valence-corrected chi connectivity index (χ4v) is 2.45. The van der Waals surface area contributed by atoms with E-state index in [4.69, 9.17) is 0 Å². The Balaban J connectivity index is 1.79. The number of hydrogen-bond donors (Lipinski definition) is 1. The Morgan fingerprint density at radius 3 is 3.11 bits per heavy atom. The molecule has 1 aromatic heterocycles. The fraction of sp³-hybridized carbons (Fsp3) is 0.308. The van der Waals surface area contributed by atoms with Crippen LogP contribution in [0.15, 0.2) is 24.5 Å². The third-order valence-electron chi connectivity index (χ3n) is 3.33. The summed E-state index contributed by atoms with van der Waals surface area (Å²) in [6, 6.07) is 4.58. The van der Waals surface area contributed by atoms with Crippen LogP contribution in [-0.4, -0.2) is 20.7 Å². The summed E-state index contributed by atoms with van der Waals surface area (Å²) in [6.45, 7) is 0. The van der Waals surface area contributed by atoms with Crippen molar-refractivity contribution in [3.05, 3.63) is 41.5 Å².